The fourth-order valence-corrected chi connectivity index (χ4v) is 5.26. The molecule has 1 atom stereocenters. The zero-order chi connectivity index (χ0) is 30.1. The topological polar surface area (TPSA) is 97.7 Å². The largest absolute Gasteiger partial charge is 0.545 e. The molecule has 0 bridgehead atoms. The lowest BCUT2D eigenvalue weighted by Crippen LogP contribution is -2.32. The number of hydrogen-bond acceptors (Lipinski definition) is 7. The van der Waals surface area contributed by atoms with E-state index in [1.807, 2.05) is 25.1 Å². The molecule has 1 N–H and O–H groups in total. The number of halogens is 3. The number of para-hydroxylation sites is 2. The quantitative estimate of drug-likeness (QED) is 0.281. The number of anilines is 1. The average Bonchev–Trinajstić information content (AvgIpc) is 3.36. The van der Waals surface area contributed by atoms with Crippen LogP contribution in [0.1, 0.15) is 46.0 Å². The fourth-order valence-electron chi connectivity index (χ4n) is 5.26. The second-order valence-electron chi connectivity index (χ2n) is 10.3. The molecule has 4 rings (SSSR count). The number of aromatic carboxylic acids is 1. The number of fused-ring (bicyclic) bond motifs is 1. The number of benzene rings is 3. The van der Waals surface area contributed by atoms with Crippen LogP contribution in [0.3, 0.4) is 0 Å². The molecule has 0 amide bonds. The maximum Gasteiger partial charge on any atom is 0.422 e. The Morgan fingerprint density at radius 2 is 1.83 bits per heavy atom. The lowest BCUT2D eigenvalue weighted by Gasteiger charge is -2.22. The zero-order valence-electron chi connectivity index (χ0n) is 23.4. The number of hydrogen-bond donors (Lipinski definition) is 1. The number of ether oxygens (including phenoxy) is 2. The molecule has 3 aromatic carbocycles. The van der Waals surface area contributed by atoms with E-state index in [0.717, 1.165) is 41.8 Å². The monoisotopic (exact) mass is 580 g/mol. The van der Waals surface area contributed by atoms with Gasteiger partial charge in [-0.15, -0.1) is 0 Å². The third-order valence-corrected chi connectivity index (χ3v) is 7.08. The molecule has 0 saturated heterocycles. The first kappa shape index (κ1) is 30.7. The van der Waals surface area contributed by atoms with Crippen molar-refractivity contribution < 1.29 is 32.5 Å². The molecule has 3 aromatic rings. The van der Waals surface area contributed by atoms with E-state index in [4.69, 9.17) is 9.47 Å². The standard InChI is InChI=1S/C32H34F3N3O4/c1-22(37-13-16-41-28-10-4-5-11-29(28)42-21-32(33,34)35)17-23-18-25-12-15-38(30(25)26(19-23)20-36)14-6-8-24-7-2-3-9-27(24)31(39)40/h2-5,7,9-11,18-19,22,37H,6,8,12-17,21H2,1H3,(H,39,40)/p-1/t22-/m1/s1. The number of carbonyl (C=O) groups is 1. The average molecular weight is 581 g/mol. The summed E-state index contributed by atoms with van der Waals surface area (Å²) in [5.74, 6) is -0.880. The number of aryl methyl sites for hydroxylation is 1. The second-order valence-corrected chi connectivity index (χ2v) is 10.3. The Labute approximate surface area is 243 Å². The van der Waals surface area contributed by atoms with Crippen molar-refractivity contribution in [2.75, 3.05) is 37.7 Å². The third-order valence-electron chi connectivity index (χ3n) is 7.08. The van der Waals surface area contributed by atoms with Gasteiger partial charge in [-0.25, -0.2) is 0 Å². The molecule has 0 spiro atoms. The minimum Gasteiger partial charge on any atom is -0.545 e. The van der Waals surface area contributed by atoms with Crippen molar-refractivity contribution in [3.63, 3.8) is 0 Å². The molecule has 0 aliphatic carbocycles. The highest BCUT2D eigenvalue weighted by molar-refractivity contribution is 5.87. The van der Waals surface area contributed by atoms with Crippen LogP contribution >= 0.6 is 0 Å². The van der Waals surface area contributed by atoms with E-state index in [2.05, 4.69) is 22.4 Å². The van der Waals surface area contributed by atoms with E-state index in [1.165, 1.54) is 6.07 Å². The Morgan fingerprint density at radius 3 is 2.55 bits per heavy atom. The molecular weight excluding hydrogens is 547 g/mol. The summed E-state index contributed by atoms with van der Waals surface area (Å²) in [6, 6.07) is 19.6. The van der Waals surface area contributed by atoms with Crippen LogP contribution in [0.15, 0.2) is 60.7 Å². The van der Waals surface area contributed by atoms with E-state index in [-0.39, 0.29) is 29.7 Å². The van der Waals surface area contributed by atoms with Gasteiger partial charge in [0.15, 0.2) is 18.1 Å². The summed E-state index contributed by atoms with van der Waals surface area (Å²) in [5.41, 5.74) is 4.72. The molecule has 1 heterocycles. The van der Waals surface area contributed by atoms with Gasteiger partial charge in [0, 0.05) is 31.2 Å². The van der Waals surface area contributed by atoms with Crippen molar-refractivity contribution in [3.05, 3.63) is 88.5 Å². The highest BCUT2D eigenvalue weighted by atomic mass is 19.4. The molecule has 7 nitrogen and oxygen atoms in total. The SMILES string of the molecule is C[C@H](Cc1cc(C#N)c2c(c1)CCN2CCCc1ccccc1C(=O)[O-])NCCOc1ccccc1OCC(F)(F)F. The number of rotatable bonds is 14. The summed E-state index contributed by atoms with van der Waals surface area (Å²) in [6.07, 6.45) is -1.56. The first-order chi connectivity index (χ1) is 20.1. The van der Waals surface area contributed by atoms with E-state index in [1.54, 1.807) is 30.3 Å². The Bertz CT molecular complexity index is 1420. The Balaban J connectivity index is 1.28. The van der Waals surface area contributed by atoms with Gasteiger partial charge in [-0.3, -0.25) is 0 Å². The van der Waals surface area contributed by atoms with Crippen molar-refractivity contribution in [1.29, 1.82) is 5.26 Å². The molecule has 1 aliphatic heterocycles. The number of nitrogens with zero attached hydrogens (tertiary/aromatic N) is 2. The fraction of sp³-hybridized carbons (Fsp3) is 0.375. The molecule has 42 heavy (non-hydrogen) atoms. The summed E-state index contributed by atoms with van der Waals surface area (Å²) in [5, 5.41) is 24.7. The van der Waals surface area contributed by atoms with Gasteiger partial charge in [-0.05, 0) is 67.5 Å². The molecule has 0 aromatic heterocycles. The molecule has 1 aliphatic rings. The molecule has 0 unspecified atom stereocenters. The first-order valence-electron chi connectivity index (χ1n) is 13.9. The third kappa shape index (κ3) is 8.40. The normalized spacial score (nSPS) is 13.4. The predicted molar refractivity (Wildman–Crippen MR) is 151 cm³/mol. The van der Waals surface area contributed by atoms with E-state index < -0.39 is 18.8 Å². The zero-order valence-corrected chi connectivity index (χ0v) is 23.4. The summed E-state index contributed by atoms with van der Waals surface area (Å²) in [4.78, 5) is 13.6. The van der Waals surface area contributed by atoms with Crippen LogP contribution in [0, 0.1) is 11.3 Å². The maximum atomic E-state index is 12.5. The molecule has 0 saturated carbocycles. The van der Waals surface area contributed by atoms with Crippen molar-refractivity contribution in [1.82, 2.24) is 5.32 Å². The Morgan fingerprint density at radius 1 is 1.12 bits per heavy atom. The minimum absolute atomic E-state index is 0.0430. The molecule has 0 fully saturated rings. The first-order valence-corrected chi connectivity index (χ1v) is 13.9. The van der Waals surface area contributed by atoms with Gasteiger partial charge in [-0.1, -0.05) is 42.5 Å². The van der Waals surface area contributed by atoms with Crippen molar-refractivity contribution in [2.45, 2.75) is 44.8 Å². The summed E-state index contributed by atoms with van der Waals surface area (Å²) in [7, 11) is 0. The number of nitriles is 1. The van der Waals surface area contributed by atoms with Gasteiger partial charge in [0.25, 0.3) is 0 Å². The Hall–Kier alpha value is -4.23. The van der Waals surface area contributed by atoms with Gasteiger partial charge >= 0.3 is 6.18 Å². The second kappa shape index (κ2) is 14.1. The summed E-state index contributed by atoms with van der Waals surface area (Å²) < 4.78 is 48.1. The van der Waals surface area contributed by atoms with Crippen LogP contribution in [-0.4, -0.2) is 51.0 Å². The van der Waals surface area contributed by atoms with Gasteiger partial charge in [-0.2, -0.15) is 18.4 Å². The van der Waals surface area contributed by atoms with Crippen molar-refractivity contribution in [2.24, 2.45) is 0 Å². The van der Waals surface area contributed by atoms with Gasteiger partial charge in [0.05, 0.1) is 17.2 Å². The number of carboxylic acids is 1. The number of nitrogens with one attached hydrogen (secondary N) is 1. The van der Waals surface area contributed by atoms with Gasteiger partial charge < -0.3 is 29.6 Å². The summed E-state index contributed by atoms with van der Waals surface area (Å²) >= 11 is 0. The molecule has 0 radical (unpaired) electrons. The van der Waals surface area contributed by atoms with Crippen molar-refractivity contribution >= 4 is 11.7 Å². The lowest BCUT2D eigenvalue weighted by molar-refractivity contribution is -0.255. The molecule has 10 heteroatoms. The van der Waals surface area contributed by atoms with Crippen molar-refractivity contribution in [3.8, 4) is 17.6 Å². The number of carbonyl (C=O) groups excluding carboxylic acids is 1. The highest BCUT2D eigenvalue weighted by Gasteiger charge is 2.29. The van der Waals surface area contributed by atoms with Gasteiger partial charge in [0.2, 0.25) is 0 Å². The van der Waals surface area contributed by atoms with Crippen LogP contribution in [0.4, 0.5) is 18.9 Å². The lowest BCUT2D eigenvalue weighted by atomic mass is 9.99. The number of carboxylic acid groups (broad SMARTS) is 1. The van der Waals surface area contributed by atoms with Crippen LogP contribution in [0.2, 0.25) is 0 Å². The predicted octanol–water partition coefficient (Wildman–Crippen LogP) is 4.46. The van der Waals surface area contributed by atoms with Gasteiger partial charge in [0.1, 0.15) is 12.7 Å². The smallest absolute Gasteiger partial charge is 0.422 e. The maximum absolute atomic E-state index is 12.5. The summed E-state index contributed by atoms with van der Waals surface area (Å²) in [6.45, 7) is 2.87. The van der Waals surface area contributed by atoms with E-state index >= 15 is 0 Å². The molecule has 222 valence electrons. The highest BCUT2D eigenvalue weighted by Crippen LogP contribution is 2.34. The number of alkyl halides is 3. The van der Waals surface area contributed by atoms with E-state index in [0.29, 0.717) is 31.5 Å². The van der Waals surface area contributed by atoms with Crippen LogP contribution in [0.5, 0.6) is 11.5 Å². The van der Waals surface area contributed by atoms with Crippen LogP contribution in [-0.2, 0) is 19.3 Å². The van der Waals surface area contributed by atoms with Crippen LogP contribution < -0.4 is 24.8 Å². The molecular formula is C32H33F3N3O4-. The Kier molecular flexibility index (Phi) is 10.3. The van der Waals surface area contributed by atoms with E-state index in [9.17, 15) is 28.3 Å². The van der Waals surface area contributed by atoms with Crippen LogP contribution in [0.25, 0.3) is 0 Å². The minimum atomic E-state index is -4.43.